The standard InChI is InChI=1S/C68H132O17P2/c1-9-61(8)47-39-31-26-27-33-41-49-66(71)79-55-64(85-68(73)51-43-35-25-19-13-16-22-30-38-46-60(6)7)57-83-87(76,77)81-53-62(69)52-80-86(74,75)82-56-63(54-78-65(70)48-40-32-23-18-12-15-21-29-37-45-59(4)5)84-67(72)50-42-34-24-17-11-10-14-20-28-36-44-58(2)3/h58-64,69H,9-57H2,1-8H3,(H,74,75)(H,76,77)/t61?,62-,63-,64-/m1/s1. The minimum atomic E-state index is -4.95. The largest absolute Gasteiger partial charge is 0.472 e. The van der Waals surface area contributed by atoms with Gasteiger partial charge in [-0.25, -0.2) is 9.13 Å². The fraction of sp³-hybridized carbons (Fsp3) is 0.941. The molecule has 0 aliphatic carbocycles. The Hall–Kier alpha value is -1.94. The summed E-state index contributed by atoms with van der Waals surface area (Å²) in [6.45, 7) is 14.0. The van der Waals surface area contributed by atoms with Crippen LogP contribution in [0, 0.1) is 23.7 Å². The van der Waals surface area contributed by atoms with Gasteiger partial charge in [0.2, 0.25) is 0 Å². The van der Waals surface area contributed by atoms with Gasteiger partial charge in [-0.1, -0.05) is 280 Å². The molecule has 87 heavy (non-hydrogen) atoms. The lowest BCUT2D eigenvalue weighted by Gasteiger charge is -2.21. The van der Waals surface area contributed by atoms with Gasteiger partial charge in [-0.05, 0) is 49.4 Å². The Morgan fingerprint density at radius 3 is 0.816 bits per heavy atom. The van der Waals surface area contributed by atoms with E-state index >= 15 is 0 Å². The van der Waals surface area contributed by atoms with E-state index in [0.29, 0.717) is 25.7 Å². The molecule has 0 aromatic rings. The zero-order valence-electron chi connectivity index (χ0n) is 56.6. The molecule has 0 bridgehead atoms. The van der Waals surface area contributed by atoms with Gasteiger partial charge >= 0.3 is 39.5 Å². The number of unbranched alkanes of at least 4 members (excludes halogenated alkanes) is 30. The van der Waals surface area contributed by atoms with E-state index in [0.717, 1.165) is 120 Å². The molecule has 0 aromatic heterocycles. The molecular weight excluding hydrogens is 1150 g/mol. The summed E-state index contributed by atoms with van der Waals surface area (Å²) in [5.74, 6) is 0.830. The highest BCUT2D eigenvalue weighted by molar-refractivity contribution is 7.47. The summed E-state index contributed by atoms with van der Waals surface area (Å²) in [7, 11) is -9.90. The Morgan fingerprint density at radius 1 is 0.322 bits per heavy atom. The first-order chi connectivity index (χ1) is 41.6. The molecule has 17 nitrogen and oxygen atoms in total. The van der Waals surface area contributed by atoms with E-state index in [9.17, 15) is 43.2 Å². The fourth-order valence-electron chi connectivity index (χ4n) is 10.1. The molecule has 516 valence electrons. The molecule has 0 aliphatic heterocycles. The summed E-state index contributed by atoms with van der Waals surface area (Å²) in [5, 5.41) is 10.6. The normalized spacial score (nSPS) is 14.6. The Morgan fingerprint density at radius 2 is 0.552 bits per heavy atom. The molecule has 0 fully saturated rings. The average Bonchev–Trinajstić information content (AvgIpc) is 3.63. The summed E-state index contributed by atoms with van der Waals surface area (Å²) in [6.07, 6.45) is 38.9. The van der Waals surface area contributed by atoms with Crippen molar-refractivity contribution in [2.75, 3.05) is 39.6 Å². The molecular formula is C68H132O17P2. The number of phosphoric ester groups is 2. The average molecular weight is 1280 g/mol. The topological polar surface area (TPSA) is 237 Å². The minimum Gasteiger partial charge on any atom is -0.462 e. The van der Waals surface area contributed by atoms with Crippen LogP contribution in [0.5, 0.6) is 0 Å². The summed E-state index contributed by atoms with van der Waals surface area (Å²) in [4.78, 5) is 72.4. The Labute approximate surface area is 530 Å². The van der Waals surface area contributed by atoms with Gasteiger partial charge in [0.05, 0.1) is 26.4 Å². The summed E-state index contributed by atoms with van der Waals surface area (Å²) in [5.41, 5.74) is 0. The second kappa shape index (κ2) is 57.9. The first-order valence-corrected chi connectivity index (χ1v) is 38.2. The van der Waals surface area contributed by atoms with E-state index in [1.807, 2.05) is 0 Å². The molecule has 19 heteroatoms. The molecule has 6 atom stereocenters. The lowest BCUT2D eigenvalue weighted by atomic mass is 10.00. The number of carbonyl (C=O) groups excluding carboxylic acids is 4. The molecule has 0 saturated heterocycles. The summed E-state index contributed by atoms with van der Waals surface area (Å²) >= 11 is 0. The molecule has 0 aliphatic rings. The Balaban J connectivity index is 5.27. The van der Waals surface area contributed by atoms with Gasteiger partial charge in [0.25, 0.3) is 0 Å². The molecule has 0 heterocycles. The van der Waals surface area contributed by atoms with Gasteiger partial charge < -0.3 is 33.8 Å². The van der Waals surface area contributed by atoms with Crippen molar-refractivity contribution < 1.29 is 80.2 Å². The van der Waals surface area contributed by atoms with Crippen LogP contribution in [0.25, 0.3) is 0 Å². The molecule has 0 aromatic carbocycles. The van der Waals surface area contributed by atoms with Gasteiger partial charge in [-0.3, -0.25) is 37.3 Å². The van der Waals surface area contributed by atoms with Gasteiger partial charge in [-0.15, -0.1) is 0 Å². The molecule has 3 N–H and O–H groups in total. The summed E-state index contributed by atoms with van der Waals surface area (Å²) < 4.78 is 68.2. The molecule has 3 unspecified atom stereocenters. The molecule has 0 spiro atoms. The lowest BCUT2D eigenvalue weighted by molar-refractivity contribution is -0.161. The van der Waals surface area contributed by atoms with Crippen molar-refractivity contribution >= 4 is 39.5 Å². The number of ether oxygens (including phenoxy) is 4. The van der Waals surface area contributed by atoms with Crippen LogP contribution in [-0.4, -0.2) is 96.7 Å². The van der Waals surface area contributed by atoms with Crippen LogP contribution in [0.1, 0.15) is 331 Å². The highest BCUT2D eigenvalue weighted by Crippen LogP contribution is 2.45. The Kier molecular flexibility index (Phi) is 56.6. The second-order valence-corrected chi connectivity index (χ2v) is 29.1. The molecule has 0 radical (unpaired) electrons. The van der Waals surface area contributed by atoms with Crippen molar-refractivity contribution in [3.63, 3.8) is 0 Å². The van der Waals surface area contributed by atoms with Gasteiger partial charge in [0.15, 0.2) is 12.2 Å². The van der Waals surface area contributed by atoms with E-state index in [1.54, 1.807) is 0 Å². The number of rotatable bonds is 65. The third-order valence-electron chi connectivity index (χ3n) is 15.9. The predicted octanol–water partition coefficient (Wildman–Crippen LogP) is 18.9. The van der Waals surface area contributed by atoms with Gasteiger partial charge in [-0.2, -0.15) is 0 Å². The first kappa shape index (κ1) is 85.1. The zero-order chi connectivity index (χ0) is 64.7. The molecule has 0 amide bonds. The first-order valence-electron chi connectivity index (χ1n) is 35.2. The second-order valence-electron chi connectivity index (χ2n) is 26.2. The van der Waals surface area contributed by atoms with E-state index in [2.05, 4.69) is 55.4 Å². The number of hydrogen-bond acceptors (Lipinski definition) is 15. The van der Waals surface area contributed by atoms with Crippen molar-refractivity contribution in [2.45, 2.75) is 350 Å². The number of aliphatic hydroxyl groups is 1. The van der Waals surface area contributed by atoms with Gasteiger partial charge in [0.1, 0.15) is 19.3 Å². The van der Waals surface area contributed by atoms with Crippen molar-refractivity contribution in [3.8, 4) is 0 Å². The highest BCUT2D eigenvalue weighted by Gasteiger charge is 2.30. The number of aliphatic hydroxyl groups excluding tert-OH is 1. The van der Waals surface area contributed by atoms with Crippen LogP contribution in [0.4, 0.5) is 0 Å². The van der Waals surface area contributed by atoms with Crippen LogP contribution < -0.4 is 0 Å². The maximum Gasteiger partial charge on any atom is 0.472 e. The monoisotopic (exact) mass is 1280 g/mol. The Bertz CT molecular complexity index is 1730. The van der Waals surface area contributed by atoms with Gasteiger partial charge in [0, 0.05) is 25.7 Å². The van der Waals surface area contributed by atoms with Crippen molar-refractivity contribution in [1.29, 1.82) is 0 Å². The van der Waals surface area contributed by atoms with E-state index in [-0.39, 0.29) is 25.7 Å². The van der Waals surface area contributed by atoms with E-state index < -0.39 is 97.5 Å². The van der Waals surface area contributed by atoms with Crippen molar-refractivity contribution in [3.05, 3.63) is 0 Å². The third-order valence-corrected chi connectivity index (χ3v) is 17.8. The van der Waals surface area contributed by atoms with Crippen LogP contribution in [-0.2, 0) is 65.4 Å². The molecule has 0 rings (SSSR count). The number of esters is 4. The van der Waals surface area contributed by atoms with E-state index in [4.69, 9.17) is 37.0 Å². The summed E-state index contributed by atoms with van der Waals surface area (Å²) in [6, 6.07) is 0. The van der Waals surface area contributed by atoms with Crippen LogP contribution in [0.15, 0.2) is 0 Å². The molecule has 0 saturated carbocycles. The zero-order valence-corrected chi connectivity index (χ0v) is 58.4. The van der Waals surface area contributed by atoms with Crippen molar-refractivity contribution in [2.24, 2.45) is 23.7 Å². The predicted molar refractivity (Wildman–Crippen MR) is 349 cm³/mol. The van der Waals surface area contributed by atoms with Crippen LogP contribution in [0.2, 0.25) is 0 Å². The van der Waals surface area contributed by atoms with Crippen molar-refractivity contribution in [1.82, 2.24) is 0 Å². The third kappa shape index (κ3) is 61.3. The maximum atomic E-state index is 13.0. The van der Waals surface area contributed by atoms with E-state index in [1.165, 1.54) is 128 Å². The maximum absolute atomic E-state index is 13.0. The highest BCUT2D eigenvalue weighted by atomic mass is 31.2. The fourth-order valence-corrected chi connectivity index (χ4v) is 11.7. The lowest BCUT2D eigenvalue weighted by Crippen LogP contribution is -2.30. The van der Waals surface area contributed by atoms with Crippen LogP contribution in [0.3, 0.4) is 0 Å². The smallest absolute Gasteiger partial charge is 0.462 e. The number of phosphoric acid groups is 2. The number of hydrogen-bond donors (Lipinski definition) is 3. The van der Waals surface area contributed by atoms with Crippen LogP contribution >= 0.6 is 15.6 Å². The number of carbonyl (C=O) groups is 4. The SMILES string of the molecule is CCC(C)CCCCCCCCC(=O)OC[C@H](COP(=O)(O)OC[C@H](O)COP(=O)(O)OC[C@@H](COC(=O)CCCCCCCCCCCC(C)C)OC(=O)CCCCCCCCCCCCC(C)C)OC(=O)CCCCCCCCCCCC(C)C. The minimum absolute atomic E-state index is 0.104. The quantitative estimate of drug-likeness (QED) is 0.0222.